The zero-order valence-corrected chi connectivity index (χ0v) is 17.5. The van der Waals surface area contributed by atoms with Crippen molar-refractivity contribution in [1.82, 2.24) is 4.90 Å². The number of carbonyl (C=O) groups excluding carboxylic acids is 1. The highest BCUT2D eigenvalue weighted by molar-refractivity contribution is 7.78. The molecule has 0 spiro atoms. The minimum absolute atomic E-state index is 0.129. The van der Waals surface area contributed by atoms with Gasteiger partial charge in [0.05, 0.1) is 0 Å². The van der Waals surface area contributed by atoms with Crippen molar-refractivity contribution in [3.63, 3.8) is 0 Å². The minimum Gasteiger partial charge on any atom is -0.343 e. The summed E-state index contributed by atoms with van der Waals surface area (Å²) in [5.74, 6) is 0.129. The van der Waals surface area contributed by atoms with E-state index in [9.17, 15) is 9.36 Å². The van der Waals surface area contributed by atoms with Gasteiger partial charge in [-0.1, -0.05) is 87.4 Å². The van der Waals surface area contributed by atoms with Crippen LogP contribution in [-0.2, 0) is 9.36 Å². The number of hydrogen-bond donors (Lipinski definition) is 0. The van der Waals surface area contributed by atoms with E-state index in [1.807, 2.05) is 65.6 Å². The lowest BCUT2D eigenvalue weighted by molar-refractivity contribution is -0.130. The van der Waals surface area contributed by atoms with Crippen molar-refractivity contribution < 1.29 is 9.36 Å². The Hall–Kier alpha value is -1.86. The zero-order chi connectivity index (χ0) is 19.5. The van der Waals surface area contributed by atoms with Crippen LogP contribution < -0.4 is 10.6 Å². The molecule has 146 valence electrons. The first-order valence-electron chi connectivity index (χ1n) is 10.1. The van der Waals surface area contributed by atoms with Crippen molar-refractivity contribution in [3.8, 4) is 0 Å². The number of carbonyl (C=O) groups is 1. The lowest BCUT2D eigenvalue weighted by Gasteiger charge is -2.24. The van der Waals surface area contributed by atoms with E-state index in [4.69, 9.17) is 0 Å². The maximum Gasteiger partial charge on any atom is 0.223 e. The Morgan fingerprint density at radius 2 is 1.26 bits per heavy atom. The van der Waals surface area contributed by atoms with Gasteiger partial charge < -0.3 is 9.46 Å². The Morgan fingerprint density at radius 1 is 0.815 bits per heavy atom. The molecule has 0 N–H and O–H groups in total. The second-order valence-corrected chi connectivity index (χ2v) is 9.93. The van der Waals surface area contributed by atoms with Crippen LogP contribution in [0, 0.1) is 0 Å². The van der Waals surface area contributed by atoms with Gasteiger partial charge in [0.2, 0.25) is 5.91 Å². The number of nitrogens with zero attached hydrogens (tertiary/aromatic N) is 1. The van der Waals surface area contributed by atoms with E-state index in [1.165, 1.54) is 0 Å². The number of rotatable bonds is 11. The van der Waals surface area contributed by atoms with Crippen LogP contribution in [-0.4, -0.2) is 30.1 Å². The van der Waals surface area contributed by atoms with Crippen LogP contribution in [0.4, 0.5) is 0 Å². The van der Waals surface area contributed by atoms with Gasteiger partial charge in [-0.15, -0.1) is 0 Å². The quantitative estimate of drug-likeness (QED) is 0.520. The Bertz CT molecular complexity index is 679. The summed E-state index contributed by atoms with van der Waals surface area (Å²) in [4.78, 5) is 14.8. The molecule has 0 radical (unpaired) electrons. The van der Waals surface area contributed by atoms with Crippen molar-refractivity contribution in [2.45, 2.75) is 46.0 Å². The largest absolute Gasteiger partial charge is 0.343 e. The second-order valence-electron chi connectivity index (χ2n) is 6.97. The van der Waals surface area contributed by atoms with E-state index in [0.717, 1.165) is 49.4 Å². The third-order valence-electron chi connectivity index (χ3n) is 4.90. The highest BCUT2D eigenvalue weighted by atomic mass is 31.2. The molecule has 1 amide bonds. The molecule has 0 heterocycles. The zero-order valence-electron chi connectivity index (χ0n) is 16.6. The van der Waals surface area contributed by atoms with E-state index in [-0.39, 0.29) is 5.91 Å². The highest BCUT2D eigenvalue weighted by Gasteiger charge is 2.28. The van der Waals surface area contributed by atoms with Crippen molar-refractivity contribution >= 4 is 23.7 Å². The third-order valence-corrected chi connectivity index (χ3v) is 8.02. The monoisotopic (exact) mass is 385 g/mol. The van der Waals surface area contributed by atoms with Crippen LogP contribution in [0.1, 0.15) is 46.0 Å². The summed E-state index contributed by atoms with van der Waals surface area (Å²) in [7, 11) is -2.82. The van der Waals surface area contributed by atoms with Crippen LogP contribution >= 0.6 is 7.14 Å². The van der Waals surface area contributed by atoms with Crippen molar-refractivity contribution in [2.75, 3.05) is 19.3 Å². The smallest absolute Gasteiger partial charge is 0.223 e. The van der Waals surface area contributed by atoms with Crippen LogP contribution in [0.25, 0.3) is 0 Å². The Kier molecular flexibility index (Phi) is 8.81. The summed E-state index contributed by atoms with van der Waals surface area (Å²) in [5.41, 5.74) is 0. The fourth-order valence-electron chi connectivity index (χ4n) is 3.22. The standard InChI is InChI=1S/C23H32NO2P/c1-3-5-18-24(19-6-4-2)23(25)17-20-27(26,21-13-9-7-10-14-21)22-15-11-8-12-16-22/h7-16H,3-6,17-20H2,1-2H3. The van der Waals surface area contributed by atoms with Gasteiger partial charge in [0.25, 0.3) is 0 Å². The van der Waals surface area contributed by atoms with Gasteiger partial charge in [-0.2, -0.15) is 0 Å². The van der Waals surface area contributed by atoms with E-state index in [2.05, 4.69) is 13.8 Å². The van der Waals surface area contributed by atoms with Gasteiger partial charge in [0.1, 0.15) is 7.14 Å². The van der Waals surface area contributed by atoms with Crippen molar-refractivity contribution in [1.29, 1.82) is 0 Å². The number of benzene rings is 2. The molecule has 3 nitrogen and oxygen atoms in total. The summed E-state index contributed by atoms with van der Waals surface area (Å²) >= 11 is 0. The summed E-state index contributed by atoms with van der Waals surface area (Å²) < 4.78 is 14.0. The van der Waals surface area contributed by atoms with Crippen LogP contribution in [0.15, 0.2) is 60.7 Å². The van der Waals surface area contributed by atoms with Crippen LogP contribution in [0.5, 0.6) is 0 Å². The topological polar surface area (TPSA) is 37.4 Å². The summed E-state index contributed by atoms with van der Waals surface area (Å²) in [6, 6.07) is 19.2. The molecule has 0 fully saturated rings. The summed E-state index contributed by atoms with van der Waals surface area (Å²) in [6.07, 6.45) is 4.89. The first kappa shape index (κ1) is 21.4. The first-order chi connectivity index (χ1) is 13.1. The second kappa shape index (κ2) is 11.1. The molecule has 4 heteroatoms. The molecular formula is C23H32NO2P. The predicted molar refractivity (Wildman–Crippen MR) is 116 cm³/mol. The van der Waals surface area contributed by atoms with Crippen LogP contribution in [0.2, 0.25) is 0 Å². The summed E-state index contributed by atoms with van der Waals surface area (Å²) in [5, 5.41) is 1.66. The fourth-order valence-corrected chi connectivity index (χ4v) is 5.84. The molecule has 2 aromatic carbocycles. The Labute approximate surface area is 164 Å². The molecule has 0 bridgehead atoms. The maximum atomic E-state index is 14.0. The molecule has 2 rings (SSSR count). The lowest BCUT2D eigenvalue weighted by atomic mass is 10.2. The molecular weight excluding hydrogens is 353 g/mol. The molecule has 2 aromatic rings. The molecule has 0 saturated carbocycles. The Balaban J connectivity index is 2.18. The van der Waals surface area contributed by atoms with E-state index >= 15 is 0 Å². The van der Waals surface area contributed by atoms with Gasteiger partial charge in [-0.25, -0.2) is 0 Å². The third kappa shape index (κ3) is 6.07. The molecule has 0 saturated heterocycles. The fraction of sp³-hybridized carbons (Fsp3) is 0.435. The van der Waals surface area contributed by atoms with E-state index < -0.39 is 7.14 Å². The SMILES string of the molecule is CCCCN(CCCC)C(=O)CCP(=O)(c1ccccc1)c1ccccc1. The van der Waals surface area contributed by atoms with Gasteiger partial charge in [-0.05, 0) is 12.8 Å². The Morgan fingerprint density at radius 3 is 1.67 bits per heavy atom. The highest BCUT2D eigenvalue weighted by Crippen LogP contribution is 2.43. The normalized spacial score (nSPS) is 11.3. The maximum absolute atomic E-state index is 14.0. The number of hydrogen-bond acceptors (Lipinski definition) is 2. The van der Waals surface area contributed by atoms with E-state index in [1.54, 1.807) is 0 Å². The van der Waals surface area contributed by atoms with Crippen molar-refractivity contribution in [2.24, 2.45) is 0 Å². The predicted octanol–water partition coefficient (Wildman–Crippen LogP) is 4.82. The van der Waals surface area contributed by atoms with Crippen molar-refractivity contribution in [3.05, 3.63) is 60.7 Å². The molecule has 27 heavy (non-hydrogen) atoms. The van der Waals surface area contributed by atoms with Gasteiger partial charge in [-0.3, -0.25) is 4.79 Å². The molecule has 0 aliphatic rings. The molecule has 0 atom stereocenters. The average molecular weight is 385 g/mol. The molecule has 0 unspecified atom stereocenters. The minimum atomic E-state index is -2.82. The van der Waals surface area contributed by atoms with Gasteiger partial charge in [0.15, 0.2) is 0 Å². The van der Waals surface area contributed by atoms with Crippen LogP contribution in [0.3, 0.4) is 0 Å². The number of unbranched alkanes of at least 4 members (excludes halogenated alkanes) is 2. The summed E-state index contributed by atoms with van der Waals surface area (Å²) in [6.45, 7) is 5.88. The average Bonchev–Trinajstić information content (AvgIpc) is 2.73. The van der Waals surface area contributed by atoms with Gasteiger partial charge in [0, 0.05) is 36.3 Å². The molecule has 0 aromatic heterocycles. The lowest BCUT2D eigenvalue weighted by Crippen LogP contribution is -2.34. The van der Waals surface area contributed by atoms with E-state index in [0.29, 0.717) is 12.6 Å². The van der Waals surface area contributed by atoms with Gasteiger partial charge >= 0.3 is 0 Å². The molecule has 0 aliphatic carbocycles. The first-order valence-corrected chi connectivity index (χ1v) is 12.0. The molecule has 0 aliphatic heterocycles. The number of amides is 1.